The maximum atomic E-state index is 5.70. The minimum atomic E-state index is 0.502. The summed E-state index contributed by atoms with van der Waals surface area (Å²) in [5.74, 6) is 0.590. The van der Waals surface area contributed by atoms with E-state index >= 15 is 0 Å². The molecule has 1 saturated carbocycles. The van der Waals surface area contributed by atoms with Crippen LogP contribution in [0.4, 0.5) is 11.5 Å². The Morgan fingerprint density at radius 3 is 3.00 bits per heavy atom. The number of rotatable bonds is 3. The molecule has 1 aromatic rings. The lowest BCUT2D eigenvalue weighted by atomic mass is 10.1. The molecular weight excluding hydrogens is 162 g/mol. The molecule has 1 fully saturated rings. The number of nitrogen functional groups attached to an aromatic ring is 1. The number of nitrogens with two attached hydrogens (primary N) is 1. The number of pyridine rings is 1. The fourth-order valence-corrected chi connectivity index (χ4v) is 1.27. The van der Waals surface area contributed by atoms with Gasteiger partial charge in [0.15, 0.2) is 0 Å². The molecule has 0 unspecified atom stereocenters. The number of nitrogens with zero attached hydrogens (tertiary/aromatic N) is 1. The molecule has 0 bridgehead atoms. The summed E-state index contributed by atoms with van der Waals surface area (Å²) in [7, 11) is 0. The van der Waals surface area contributed by atoms with E-state index in [9.17, 15) is 0 Å². The Balaban J connectivity index is 1.97. The average molecular weight is 177 g/mol. The summed E-state index contributed by atoms with van der Waals surface area (Å²) < 4.78 is 0. The molecule has 3 heteroatoms. The Kier molecular flexibility index (Phi) is 1.87. The zero-order chi connectivity index (χ0) is 9.31. The maximum Gasteiger partial charge on any atom is 0.146 e. The van der Waals surface area contributed by atoms with E-state index in [1.54, 1.807) is 6.20 Å². The van der Waals surface area contributed by atoms with Crippen LogP contribution in [0.25, 0.3) is 0 Å². The van der Waals surface area contributed by atoms with Gasteiger partial charge in [-0.25, -0.2) is 4.98 Å². The lowest BCUT2D eigenvalue weighted by Gasteiger charge is -2.12. The molecule has 0 aliphatic heterocycles. The van der Waals surface area contributed by atoms with E-state index in [1.807, 2.05) is 12.1 Å². The first kappa shape index (κ1) is 8.35. The number of aromatic nitrogens is 1. The van der Waals surface area contributed by atoms with Crippen molar-refractivity contribution in [1.29, 1.82) is 0 Å². The Labute approximate surface area is 78.4 Å². The van der Waals surface area contributed by atoms with Gasteiger partial charge in [0.05, 0.1) is 5.69 Å². The summed E-state index contributed by atoms with van der Waals surface area (Å²) >= 11 is 0. The third kappa shape index (κ3) is 1.91. The van der Waals surface area contributed by atoms with Crippen molar-refractivity contribution in [3.05, 3.63) is 18.3 Å². The maximum absolute atomic E-state index is 5.70. The molecule has 1 aliphatic carbocycles. The highest BCUT2D eigenvalue weighted by Crippen LogP contribution is 2.44. The van der Waals surface area contributed by atoms with Gasteiger partial charge in [0.2, 0.25) is 0 Å². The van der Waals surface area contributed by atoms with Crippen LogP contribution in [0.3, 0.4) is 0 Å². The van der Waals surface area contributed by atoms with Crippen LogP contribution in [0.2, 0.25) is 0 Å². The van der Waals surface area contributed by atoms with Gasteiger partial charge in [-0.15, -0.1) is 0 Å². The molecule has 0 spiro atoms. The molecule has 0 radical (unpaired) electrons. The van der Waals surface area contributed by atoms with Gasteiger partial charge in [-0.05, 0) is 30.4 Å². The minimum Gasteiger partial charge on any atom is -0.382 e. The first-order chi connectivity index (χ1) is 6.20. The van der Waals surface area contributed by atoms with E-state index in [0.717, 1.165) is 12.2 Å². The van der Waals surface area contributed by atoms with Gasteiger partial charge >= 0.3 is 0 Å². The molecule has 3 nitrogen and oxygen atoms in total. The molecule has 13 heavy (non-hydrogen) atoms. The molecule has 1 heterocycles. The van der Waals surface area contributed by atoms with Crippen LogP contribution >= 0.6 is 0 Å². The molecule has 3 N–H and O–H groups in total. The van der Waals surface area contributed by atoms with Crippen LogP contribution in [0.15, 0.2) is 18.3 Å². The van der Waals surface area contributed by atoms with Gasteiger partial charge in [-0.2, -0.15) is 0 Å². The van der Waals surface area contributed by atoms with Crippen LogP contribution in [0.1, 0.15) is 19.8 Å². The van der Waals surface area contributed by atoms with E-state index < -0.39 is 0 Å². The molecule has 1 aliphatic rings. The van der Waals surface area contributed by atoms with Crippen molar-refractivity contribution in [3.63, 3.8) is 0 Å². The molecule has 1 aromatic heterocycles. The lowest BCUT2D eigenvalue weighted by Crippen LogP contribution is -2.13. The zero-order valence-corrected chi connectivity index (χ0v) is 7.88. The molecule has 2 rings (SSSR count). The number of anilines is 2. The van der Waals surface area contributed by atoms with Crippen molar-refractivity contribution in [2.45, 2.75) is 19.8 Å². The zero-order valence-electron chi connectivity index (χ0n) is 7.88. The van der Waals surface area contributed by atoms with Gasteiger partial charge in [-0.1, -0.05) is 6.92 Å². The number of hydrogen-bond donors (Lipinski definition) is 2. The first-order valence-corrected chi connectivity index (χ1v) is 4.64. The summed E-state index contributed by atoms with van der Waals surface area (Å²) in [4.78, 5) is 4.02. The van der Waals surface area contributed by atoms with Crippen LogP contribution in [-0.2, 0) is 0 Å². The predicted octanol–water partition coefficient (Wildman–Crippen LogP) is 1.88. The average Bonchev–Trinajstić information content (AvgIpc) is 2.83. The summed E-state index contributed by atoms with van der Waals surface area (Å²) in [6.45, 7) is 3.29. The van der Waals surface area contributed by atoms with E-state index in [-0.39, 0.29) is 0 Å². The number of nitrogens with one attached hydrogen (secondary N) is 1. The van der Waals surface area contributed by atoms with Crippen molar-refractivity contribution in [2.24, 2.45) is 5.41 Å². The predicted molar refractivity (Wildman–Crippen MR) is 54.5 cm³/mol. The molecule has 0 saturated heterocycles. The highest BCUT2D eigenvalue weighted by Gasteiger charge is 2.36. The summed E-state index contributed by atoms with van der Waals surface area (Å²) in [5, 5.41) is 3.33. The van der Waals surface area contributed by atoms with Crippen molar-refractivity contribution in [2.75, 3.05) is 17.6 Å². The monoisotopic (exact) mass is 177 g/mol. The van der Waals surface area contributed by atoms with Crippen molar-refractivity contribution in [3.8, 4) is 0 Å². The first-order valence-electron chi connectivity index (χ1n) is 4.64. The molecule has 70 valence electrons. The Bertz CT molecular complexity index is 305. The highest BCUT2D eigenvalue weighted by molar-refractivity contribution is 5.60. The van der Waals surface area contributed by atoms with Crippen molar-refractivity contribution >= 4 is 11.5 Å². The van der Waals surface area contributed by atoms with Crippen LogP contribution < -0.4 is 11.1 Å². The standard InChI is InChI=1S/C10H15N3/c1-10(4-5-10)7-13-8-3-2-6-12-9(8)11/h2-3,6,13H,4-5,7H2,1H3,(H2,11,12). The fourth-order valence-electron chi connectivity index (χ4n) is 1.27. The Morgan fingerprint density at radius 1 is 1.62 bits per heavy atom. The second-order valence-corrected chi connectivity index (χ2v) is 4.10. The van der Waals surface area contributed by atoms with Gasteiger partial charge in [0, 0.05) is 12.7 Å². The molecular formula is C10H15N3. The summed E-state index contributed by atoms with van der Waals surface area (Å²) in [6, 6.07) is 3.86. The van der Waals surface area contributed by atoms with E-state index in [0.29, 0.717) is 11.2 Å². The van der Waals surface area contributed by atoms with E-state index in [1.165, 1.54) is 12.8 Å². The number of hydrogen-bond acceptors (Lipinski definition) is 3. The summed E-state index contributed by atoms with van der Waals surface area (Å²) in [6.07, 6.45) is 4.35. The molecule has 0 amide bonds. The van der Waals surface area contributed by atoms with Crippen LogP contribution in [0.5, 0.6) is 0 Å². The third-order valence-electron chi connectivity index (χ3n) is 2.65. The normalized spacial score (nSPS) is 18.2. The third-order valence-corrected chi connectivity index (χ3v) is 2.65. The molecule has 0 aromatic carbocycles. The smallest absolute Gasteiger partial charge is 0.146 e. The van der Waals surface area contributed by atoms with Gasteiger partial charge < -0.3 is 11.1 Å². The fraction of sp³-hybridized carbons (Fsp3) is 0.500. The van der Waals surface area contributed by atoms with Crippen LogP contribution in [-0.4, -0.2) is 11.5 Å². The van der Waals surface area contributed by atoms with Gasteiger partial charge in [0.25, 0.3) is 0 Å². The topological polar surface area (TPSA) is 50.9 Å². The van der Waals surface area contributed by atoms with Gasteiger partial charge in [-0.3, -0.25) is 0 Å². The van der Waals surface area contributed by atoms with Gasteiger partial charge in [0.1, 0.15) is 5.82 Å². The van der Waals surface area contributed by atoms with Crippen molar-refractivity contribution < 1.29 is 0 Å². The second kappa shape index (κ2) is 2.91. The molecule has 0 atom stereocenters. The van der Waals surface area contributed by atoms with E-state index in [2.05, 4.69) is 17.2 Å². The lowest BCUT2D eigenvalue weighted by molar-refractivity contribution is 0.611. The highest BCUT2D eigenvalue weighted by atomic mass is 15.0. The Morgan fingerprint density at radius 2 is 2.38 bits per heavy atom. The SMILES string of the molecule is CC1(CNc2cccnc2N)CC1. The van der Waals surface area contributed by atoms with Crippen LogP contribution in [0, 0.1) is 5.41 Å². The quantitative estimate of drug-likeness (QED) is 0.741. The largest absolute Gasteiger partial charge is 0.382 e. The van der Waals surface area contributed by atoms with Crippen molar-refractivity contribution in [1.82, 2.24) is 4.98 Å². The van der Waals surface area contributed by atoms with E-state index in [4.69, 9.17) is 5.73 Å². The minimum absolute atomic E-state index is 0.502. The Hall–Kier alpha value is -1.25. The second-order valence-electron chi connectivity index (χ2n) is 4.10. The summed E-state index contributed by atoms with van der Waals surface area (Å²) in [5.41, 5.74) is 7.15.